The van der Waals surface area contributed by atoms with Crippen LogP contribution in [0.4, 0.5) is 4.79 Å². The van der Waals surface area contributed by atoms with Gasteiger partial charge in [-0.3, -0.25) is 14.5 Å². The van der Waals surface area contributed by atoms with Crippen molar-refractivity contribution in [1.29, 1.82) is 0 Å². The average molecular weight is 454 g/mol. The number of hydrogen-bond acceptors (Lipinski definition) is 6. The molecule has 3 heterocycles. The summed E-state index contributed by atoms with van der Waals surface area (Å²) < 4.78 is 23.9. The number of carbonyl (C=O) groups is 3. The molecule has 4 rings (SSSR count). The molecule has 1 aliphatic carbocycles. The van der Waals surface area contributed by atoms with E-state index < -0.39 is 27.4 Å². The van der Waals surface area contributed by atoms with Crippen LogP contribution in [0, 0.1) is 5.92 Å². The molecule has 0 saturated carbocycles. The predicted molar refractivity (Wildman–Crippen MR) is 113 cm³/mol. The minimum atomic E-state index is -3.16. The number of nitrogens with one attached hydrogen (secondary N) is 1. The van der Waals surface area contributed by atoms with E-state index in [1.54, 1.807) is 16.2 Å². The van der Waals surface area contributed by atoms with Crippen molar-refractivity contribution in [1.82, 2.24) is 15.1 Å². The number of rotatable bonds is 5. The second kappa shape index (κ2) is 7.64. The largest absolute Gasteiger partial charge is 0.337 e. The van der Waals surface area contributed by atoms with Gasteiger partial charge < -0.3 is 10.2 Å². The number of nitrogens with zero attached hydrogens (tertiary/aromatic N) is 2. The Hall–Kier alpha value is -1.94. The van der Waals surface area contributed by atoms with Crippen molar-refractivity contribution in [2.75, 3.05) is 24.6 Å². The Morgan fingerprint density at radius 2 is 2.17 bits per heavy atom. The molecule has 3 aliphatic rings. The quantitative estimate of drug-likeness (QED) is 0.681. The Morgan fingerprint density at radius 3 is 2.83 bits per heavy atom. The van der Waals surface area contributed by atoms with E-state index in [-0.39, 0.29) is 35.8 Å². The third-order valence-corrected chi connectivity index (χ3v) is 8.89. The highest BCUT2D eigenvalue weighted by atomic mass is 32.2. The van der Waals surface area contributed by atoms with Crippen LogP contribution < -0.4 is 5.32 Å². The fourth-order valence-electron chi connectivity index (χ4n) is 4.78. The molecule has 2 atom stereocenters. The average Bonchev–Trinajstić information content (AvgIpc) is 3.34. The summed E-state index contributed by atoms with van der Waals surface area (Å²) in [7, 11) is -3.16. The summed E-state index contributed by atoms with van der Waals surface area (Å²) in [5.41, 5.74) is -0.238. The highest BCUT2D eigenvalue weighted by molar-refractivity contribution is 7.91. The number of imide groups is 1. The van der Waals surface area contributed by atoms with E-state index in [0.717, 1.165) is 28.2 Å². The molecular formula is C20H27N3O5S2. The van der Waals surface area contributed by atoms with Crippen molar-refractivity contribution >= 4 is 39.0 Å². The molecule has 2 saturated heterocycles. The summed E-state index contributed by atoms with van der Waals surface area (Å²) >= 11 is 1.58. The number of thiophene rings is 1. The third-order valence-electron chi connectivity index (χ3n) is 6.16. The topological polar surface area (TPSA) is 104 Å². The van der Waals surface area contributed by atoms with Gasteiger partial charge in [-0.15, -0.1) is 11.3 Å². The number of urea groups is 1. The summed E-state index contributed by atoms with van der Waals surface area (Å²) in [5, 5.41) is 4.78. The van der Waals surface area contributed by atoms with E-state index in [1.807, 2.05) is 25.3 Å². The summed E-state index contributed by atoms with van der Waals surface area (Å²) in [6, 6.07) is 0.922. The normalized spacial score (nSPS) is 27.6. The van der Waals surface area contributed by atoms with E-state index in [2.05, 4.69) is 5.32 Å². The Balaban J connectivity index is 1.55. The molecule has 2 aliphatic heterocycles. The first-order valence-electron chi connectivity index (χ1n) is 10.3. The summed E-state index contributed by atoms with van der Waals surface area (Å²) in [5.74, 6) is -0.629. The fourth-order valence-corrected chi connectivity index (χ4v) is 7.51. The van der Waals surface area contributed by atoms with E-state index in [0.29, 0.717) is 19.4 Å². The smallest absolute Gasteiger partial charge is 0.325 e. The maximum absolute atomic E-state index is 13.3. The van der Waals surface area contributed by atoms with Gasteiger partial charge in [0, 0.05) is 23.0 Å². The zero-order valence-corrected chi connectivity index (χ0v) is 18.9. The molecule has 1 aromatic rings. The molecule has 1 N–H and O–H groups in total. The highest BCUT2D eigenvalue weighted by Crippen LogP contribution is 2.42. The maximum atomic E-state index is 13.3. The predicted octanol–water partition coefficient (Wildman–Crippen LogP) is 1.50. The van der Waals surface area contributed by atoms with Gasteiger partial charge in [0.25, 0.3) is 5.91 Å². The monoisotopic (exact) mass is 453 g/mol. The van der Waals surface area contributed by atoms with E-state index in [9.17, 15) is 22.8 Å². The van der Waals surface area contributed by atoms with Gasteiger partial charge in [-0.25, -0.2) is 13.2 Å². The molecule has 8 nitrogen and oxygen atoms in total. The molecule has 164 valence electrons. The van der Waals surface area contributed by atoms with Crippen molar-refractivity contribution < 1.29 is 22.8 Å². The van der Waals surface area contributed by atoms with Crippen molar-refractivity contribution in [2.45, 2.75) is 51.1 Å². The van der Waals surface area contributed by atoms with Crippen LogP contribution in [0.5, 0.6) is 0 Å². The molecule has 0 radical (unpaired) electrons. The Kier molecular flexibility index (Phi) is 5.42. The summed E-state index contributed by atoms with van der Waals surface area (Å²) in [6.45, 7) is 3.93. The first-order chi connectivity index (χ1) is 14.1. The third kappa shape index (κ3) is 3.64. The molecule has 0 bridgehead atoms. The zero-order valence-electron chi connectivity index (χ0n) is 17.2. The zero-order chi connectivity index (χ0) is 21.7. The molecule has 1 spiro atoms. The number of carbonyl (C=O) groups excluding carboxylic acids is 3. The lowest BCUT2D eigenvalue weighted by Crippen LogP contribution is -2.50. The standard InChI is InChI=1S/C20H27N3O5S2/c1-13(2)10-22(14-6-9-30(27,28)12-14)17(24)11-23-18(25)20(21-19(23)26)7-3-4-16-15(20)5-8-29-16/h5,8,13-14H,3-4,6-7,9-12H2,1-2H3,(H,21,26)/t14-,20-/m1/s1. The number of amides is 4. The second-order valence-electron chi connectivity index (χ2n) is 8.83. The van der Waals surface area contributed by atoms with Gasteiger partial charge in [-0.1, -0.05) is 13.8 Å². The molecule has 4 amide bonds. The Bertz CT molecular complexity index is 986. The number of hydrogen-bond donors (Lipinski definition) is 1. The highest BCUT2D eigenvalue weighted by Gasteiger charge is 2.55. The molecule has 2 fully saturated rings. The van der Waals surface area contributed by atoms with Gasteiger partial charge in [0.05, 0.1) is 11.5 Å². The number of fused-ring (bicyclic) bond motifs is 2. The first-order valence-corrected chi connectivity index (χ1v) is 13.0. The van der Waals surface area contributed by atoms with Gasteiger partial charge in [-0.2, -0.15) is 0 Å². The van der Waals surface area contributed by atoms with Crippen LogP contribution in [0.3, 0.4) is 0 Å². The van der Waals surface area contributed by atoms with Crippen LogP contribution in [0.15, 0.2) is 11.4 Å². The van der Waals surface area contributed by atoms with Crippen LogP contribution in [0.2, 0.25) is 0 Å². The SMILES string of the molecule is CC(C)CN(C(=O)CN1C(=O)N[C@@]2(CCCc3sccc32)C1=O)[C@@H]1CCS(=O)(=O)C1. The van der Waals surface area contributed by atoms with Gasteiger partial charge in [0.1, 0.15) is 12.1 Å². The first kappa shape index (κ1) is 21.3. The van der Waals surface area contributed by atoms with Crippen molar-refractivity contribution in [3.8, 4) is 0 Å². The van der Waals surface area contributed by atoms with Gasteiger partial charge >= 0.3 is 6.03 Å². The van der Waals surface area contributed by atoms with Crippen molar-refractivity contribution in [3.05, 3.63) is 21.9 Å². The van der Waals surface area contributed by atoms with E-state index in [1.165, 1.54) is 0 Å². The van der Waals surface area contributed by atoms with Crippen molar-refractivity contribution in [2.24, 2.45) is 5.92 Å². The fraction of sp³-hybridized carbons (Fsp3) is 0.650. The van der Waals surface area contributed by atoms with Crippen LogP contribution >= 0.6 is 11.3 Å². The van der Waals surface area contributed by atoms with Gasteiger partial charge in [-0.05, 0) is 43.0 Å². The molecule has 1 aromatic heterocycles. The maximum Gasteiger partial charge on any atom is 0.325 e. The molecule has 0 unspecified atom stereocenters. The van der Waals surface area contributed by atoms with Crippen LogP contribution in [-0.4, -0.2) is 66.7 Å². The molecular weight excluding hydrogens is 426 g/mol. The lowest BCUT2D eigenvalue weighted by atomic mass is 9.80. The van der Waals surface area contributed by atoms with Crippen LogP contribution in [0.25, 0.3) is 0 Å². The minimum Gasteiger partial charge on any atom is -0.337 e. The van der Waals surface area contributed by atoms with Crippen LogP contribution in [-0.2, 0) is 31.4 Å². The Morgan fingerprint density at radius 1 is 1.40 bits per heavy atom. The number of aryl methyl sites for hydroxylation is 1. The lowest BCUT2D eigenvalue weighted by Gasteiger charge is -2.32. The molecule has 0 aromatic carbocycles. The summed E-state index contributed by atoms with van der Waals surface area (Å²) in [6.07, 6.45) is 2.58. The van der Waals surface area contributed by atoms with E-state index in [4.69, 9.17) is 0 Å². The van der Waals surface area contributed by atoms with Crippen LogP contribution in [0.1, 0.15) is 43.6 Å². The lowest BCUT2D eigenvalue weighted by molar-refractivity contribution is -0.140. The van der Waals surface area contributed by atoms with Gasteiger partial charge in [0.15, 0.2) is 9.84 Å². The molecule has 10 heteroatoms. The number of sulfone groups is 1. The minimum absolute atomic E-state index is 0.0617. The van der Waals surface area contributed by atoms with Gasteiger partial charge in [0.2, 0.25) is 5.91 Å². The Labute approximate surface area is 180 Å². The van der Waals surface area contributed by atoms with Crippen molar-refractivity contribution in [3.63, 3.8) is 0 Å². The second-order valence-corrected chi connectivity index (χ2v) is 12.1. The summed E-state index contributed by atoms with van der Waals surface area (Å²) in [4.78, 5) is 42.9. The van der Waals surface area contributed by atoms with E-state index >= 15 is 0 Å². The molecule has 30 heavy (non-hydrogen) atoms.